The van der Waals surface area contributed by atoms with Gasteiger partial charge in [0.15, 0.2) is 0 Å². The van der Waals surface area contributed by atoms with Crippen LogP contribution >= 0.6 is 0 Å². The van der Waals surface area contributed by atoms with E-state index in [2.05, 4.69) is 5.32 Å². The summed E-state index contributed by atoms with van der Waals surface area (Å²) >= 11 is 0. The van der Waals surface area contributed by atoms with E-state index in [0.29, 0.717) is 18.7 Å². The number of nitrogens with one attached hydrogen (secondary N) is 1. The molecule has 1 aromatic carbocycles. The molecule has 0 radical (unpaired) electrons. The van der Waals surface area contributed by atoms with Gasteiger partial charge in [-0.25, -0.2) is 0 Å². The summed E-state index contributed by atoms with van der Waals surface area (Å²) in [7, 11) is 0. The van der Waals surface area contributed by atoms with Crippen molar-refractivity contribution in [3.05, 3.63) is 29.3 Å². The molecule has 18 heavy (non-hydrogen) atoms. The van der Waals surface area contributed by atoms with E-state index in [-0.39, 0.29) is 29.7 Å². The molecule has 0 saturated carbocycles. The Morgan fingerprint density at radius 1 is 1.44 bits per heavy atom. The zero-order valence-electron chi connectivity index (χ0n) is 10.3. The largest absolute Gasteiger partial charge is 0.507 e. The average Bonchev–Trinajstić information content (AvgIpc) is 2.56. The highest BCUT2D eigenvalue weighted by Gasteiger charge is 2.23. The molecule has 0 unspecified atom stereocenters. The number of nitrogens with zero attached hydrogens (tertiary/aromatic N) is 1. The zero-order valence-corrected chi connectivity index (χ0v) is 10.3. The lowest BCUT2D eigenvalue weighted by Crippen LogP contribution is -2.37. The van der Waals surface area contributed by atoms with Crippen LogP contribution in [-0.4, -0.2) is 41.5 Å². The molecule has 1 aliphatic rings. The van der Waals surface area contributed by atoms with Gasteiger partial charge in [-0.05, 0) is 25.0 Å². The number of carbonyl (C=O) groups is 2. The molecule has 2 N–H and O–H groups in total. The molecule has 5 nitrogen and oxygen atoms in total. The Balaban J connectivity index is 2.24. The molecule has 0 aliphatic carbocycles. The zero-order chi connectivity index (χ0) is 13.1. The van der Waals surface area contributed by atoms with Crippen LogP contribution in [0.1, 0.15) is 22.3 Å². The topological polar surface area (TPSA) is 69.6 Å². The second-order valence-corrected chi connectivity index (χ2v) is 4.40. The molecule has 2 rings (SSSR count). The van der Waals surface area contributed by atoms with Crippen molar-refractivity contribution in [2.75, 3.05) is 19.6 Å². The van der Waals surface area contributed by atoms with Gasteiger partial charge >= 0.3 is 0 Å². The molecular formula is C13H16N2O3. The lowest BCUT2D eigenvalue weighted by molar-refractivity contribution is -0.121. The van der Waals surface area contributed by atoms with Crippen LogP contribution < -0.4 is 5.32 Å². The Kier molecular flexibility index (Phi) is 3.50. The molecule has 0 aromatic heterocycles. The maximum Gasteiger partial charge on any atom is 0.258 e. The minimum Gasteiger partial charge on any atom is -0.507 e. The molecule has 0 atom stereocenters. The number of aryl methyl sites for hydroxylation is 1. The first kappa shape index (κ1) is 12.4. The Hall–Kier alpha value is -2.04. The molecule has 1 heterocycles. The summed E-state index contributed by atoms with van der Waals surface area (Å²) < 4.78 is 0. The van der Waals surface area contributed by atoms with Crippen LogP contribution in [0.4, 0.5) is 0 Å². The molecule has 0 bridgehead atoms. The minimum absolute atomic E-state index is 0.00726. The third kappa shape index (κ3) is 2.45. The summed E-state index contributed by atoms with van der Waals surface area (Å²) in [4.78, 5) is 25.1. The second kappa shape index (κ2) is 5.08. The Labute approximate surface area is 105 Å². The number of para-hydroxylation sites is 1. The number of phenolic OH excluding ortho intramolecular Hbond substituents is 1. The Bertz CT molecular complexity index is 485. The van der Waals surface area contributed by atoms with Crippen LogP contribution in [0, 0.1) is 6.92 Å². The van der Waals surface area contributed by atoms with Gasteiger partial charge in [0.2, 0.25) is 5.91 Å². The SMILES string of the molecule is Cc1cccc(C(=O)N2CCCNC(=O)C2)c1O. The van der Waals surface area contributed by atoms with E-state index in [4.69, 9.17) is 0 Å². The lowest BCUT2D eigenvalue weighted by Gasteiger charge is -2.19. The number of amides is 2. The smallest absolute Gasteiger partial charge is 0.258 e. The highest BCUT2D eigenvalue weighted by atomic mass is 16.3. The summed E-state index contributed by atoms with van der Waals surface area (Å²) in [5.41, 5.74) is 0.907. The van der Waals surface area contributed by atoms with Gasteiger partial charge < -0.3 is 15.3 Å². The summed E-state index contributed by atoms with van der Waals surface area (Å²) in [5.74, 6) is -0.464. The van der Waals surface area contributed by atoms with E-state index < -0.39 is 0 Å². The molecular weight excluding hydrogens is 232 g/mol. The maximum atomic E-state index is 12.3. The van der Waals surface area contributed by atoms with Crippen molar-refractivity contribution in [3.63, 3.8) is 0 Å². The van der Waals surface area contributed by atoms with Gasteiger partial charge in [-0.15, -0.1) is 0 Å². The van der Waals surface area contributed by atoms with Gasteiger partial charge in [-0.3, -0.25) is 9.59 Å². The number of benzene rings is 1. The summed E-state index contributed by atoms with van der Waals surface area (Å²) in [6.45, 7) is 2.89. The van der Waals surface area contributed by atoms with E-state index in [9.17, 15) is 14.7 Å². The standard InChI is InChI=1S/C13H16N2O3/c1-9-4-2-5-10(12(9)17)13(18)15-7-3-6-14-11(16)8-15/h2,4-5,17H,3,6-8H2,1H3,(H,14,16). The predicted octanol–water partition coefficient (Wildman–Crippen LogP) is 0.663. The van der Waals surface area contributed by atoms with Gasteiger partial charge in [0.05, 0.1) is 12.1 Å². The minimum atomic E-state index is -0.298. The van der Waals surface area contributed by atoms with Crippen molar-refractivity contribution in [3.8, 4) is 5.75 Å². The van der Waals surface area contributed by atoms with Gasteiger partial charge in [-0.1, -0.05) is 12.1 Å². The van der Waals surface area contributed by atoms with Crippen molar-refractivity contribution in [1.82, 2.24) is 10.2 Å². The first-order valence-corrected chi connectivity index (χ1v) is 5.94. The van der Waals surface area contributed by atoms with E-state index in [1.54, 1.807) is 25.1 Å². The number of carbonyl (C=O) groups excluding carboxylic acids is 2. The second-order valence-electron chi connectivity index (χ2n) is 4.40. The normalized spacial score (nSPS) is 16.1. The monoisotopic (exact) mass is 248 g/mol. The predicted molar refractivity (Wildman–Crippen MR) is 66.4 cm³/mol. The number of rotatable bonds is 1. The van der Waals surface area contributed by atoms with Gasteiger partial charge in [0, 0.05) is 13.1 Å². The summed E-state index contributed by atoms with van der Waals surface area (Å²) in [6, 6.07) is 5.04. The number of hydrogen-bond acceptors (Lipinski definition) is 3. The van der Waals surface area contributed by atoms with Crippen LogP contribution in [0.5, 0.6) is 5.75 Å². The summed E-state index contributed by atoms with van der Waals surface area (Å²) in [5, 5.41) is 12.6. The van der Waals surface area contributed by atoms with Crippen molar-refractivity contribution >= 4 is 11.8 Å². The van der Waals surface area contributed by atoms with E-state index in [1.807, 2.05) is 0 Å². The number of hydrogen-bond donors (Lipinski definition) is 2. The highest BCUT2D eigenvalue weighted by Crippen LogP contribution is 2.23. The van der Waals surface area contributed by atoms with Gasteiger partial charge in [-0.2, -0.15) is 0 Å². The number of aromatic hydroxyl groups is 1. The fourth-order valence-electron chi connectivity index (χ4n) is 1.98. The molecule has 5 heteroatoms. The molecule has 0 spiro atoms. The quantitative estimate of drug-likeness (QED) is 0.767. The van der Waals surface area contributed by atoms with Crippen LogP contribution in [0.25, 0.3) is 0 Å². The van der Waals surface area contributed by atoms with Crippen LogP contribution in [0.2, 0.25) is 0 Å². The molecule has 2 amide bonds. The van der Waals surface area contributed by atoms with Gasteiger partial charge in [0.25, 0.3) is 5.91 Å². The highest BCUT2D eigenvalue weighted by molar-refractivity contribution is 5.99. The van der Waals surface area contributed by atoms with Crippen LogP contribution in [-0.2, 0) is 4.79 Å². The average molecular weight is 248 g/mol. The molecule has 96 valence electrons. The lowest BCUT2D eigenvalue weighted by atomic mass is 10.1. The van der Waals surface area contributed by atoms with E-state index in [0.717, 1.165) is 6.42 Å². The van der Waals surface area contributed by atoms with Crippen LogP contribution in [0.15, 0.2) is 18.2 Å². The molecule has 1 aliphatic heterocycles. The van der Waals surface area contributed by atoms with Crippen molar-refractivity contribution in [1.29, 1.82) is 0 Å². The Morgan fingerprint density at radius 2 is 2.22 bits per heavy atom. The Morgan fingerprint density at radius 3 is 3.00 bits per heavy atom. The van der Waals surface area contributed by atoms with E-state index in [1.165, 1.54) is 4.90 Å². The third-order valence-electron chi connectivity index (χ3n) is 3.02. The van der Waals surface area contributed by atoms with Crippen LogP contribution in [0.3, 0.4) is 0 Å². The van der Waals surface area contributed by atoms with E-state index >= 15 is 0 Å². The van der Waals surface area contributed by atoms with Gasteiger partial charge in [0.1, 0.15) is 5.75 Å². The first-order chi connectivity index (χ1) is 8.59. The molecule has 1 aromatic rings. The maximum absolute atomic E-state index is 12.3. The third-order valence-corrected chi connectivity index (χ3v) is 3.02. The number of phenols is 1. The summed E-state index contributed by atoms with van der Waals surface area (Å²) in [6.07, 6.45) is 0.726. The first-order valence-electron chi connectivity index (χ1n) is 5.94. The fraction of sp³-hybridized carbons (Fsp3) is 0.385. The molecule has 1 fully saturated rings. The van der Waals surface area contributed by atoms with Crippen molar-refractivity contribution in [2.45, 2.75) is 13.3 Å². The van der Waals surface area contributed by atoms with Crippen molar-refractivity contribution in [2.24, 2.45) is 0 Å². The van der Waals surface area contributed by atoms with Crippen molar-refractivity contribution < 1.29 is 14.7 Å². The fourth-order valence-corrected chi connectivity index (χ4v) is 1.98. The molecule has 1 saturated heterocycles.